The van der Waals surface area contributed by atoms with Crippen LogP contribution >= 0.6 is 0 Å². The summed E-state index contributed by atoms with van der Waals surface area (Å²) in [7, 11) is 2.22. The number of piperidine rings is 1. The highest BCUT2D eigenvalue weighted by molar-refractivity contribution is 5.78. The molecule has 0 bridgehead atoms. The molecule has 2 fully saturated rings. The average Bonchev–Trinajstić information content (AvgIpc) is 2.64. The quantitative estimate of drug-likeness (QED) is 0.855. The number of carbonyl (C=O) groups excluding carboxylic acids is 1. The first-order valence-corrected chi connectivity index (χ1v) is 8.29. The van der Waals surface area contributed by atoms with Crippen molar-refractivity contribution >= 4 is 5.91 Å². The third kappa shape index (κ3) is 4.45. The van der Waals surface area contributed by atoms with E-state index in [1.807, 2.05) is 18.7 Å². The van der Waals surface area contributed by atoms with Gasteiger partial charge in [0.05, 0.1) is 0 Å². The van der Waals surface area contributed by atoms with Crippen LogP contribution in [0.5, 0.6) is 0 Å². The highest BCUT2D eigenvalue weighted by Crippen LogP contribution is 2.16. The lowest BCUT2D eigenvalue weighted by atomic mass is 10.0. The van der Waals surface area contributed by atoms with Crippen molar-refractivity contribution in [2.75, 3.05) is 33.2 Å². The number of amides is 1. The number of nitrogens with zero attached hydrogens (tertiary/aromatic N) is 2. The molecule has 4 nitrogen and oxygen atoms in total. The molecule has 2 aliphatic heterocycles. The van der Waals surface area contributed by atoms with Crippen LogP contribution in [0, 0.1) is 5.92 Å². The van der Waals surface area contributed by atoms with Gasteiger partial charge in [-0.15, -0.1) is 0 Å². The SMILES string of the molecule is CC(C)C(=O)N1CCC(NC2CCCN(C)CC2)CC1. The first kappa shape index (κ1) is 15.8. The van der Waals surface area contributed by atoms with Gasteiger partial charge in [0.25, 0.3) is 0 Å². The molecule has 0 radical (unpaired) electrons. The number of likely N-dealkylation sites (tertiary alicyclic amines) is 2. The minimum Gasteiger partial charge on any atom is -0.342 e. The fraction of sp³-hybridized carbons (Fsp3) is 0.938. The van der Waals surface area contributed by atoms with Crippen molar-refractivity contribution in [1.82, 2.24) is 15.1 Å². The summed E-state index contributed by atoms with van der Waals surface area (Å²) < 4.78 is 0. The fourth-order valence-corrected chi connectivity index (χ4v) is 3.37. The van der Waals surface area contributed by atoms with Gasteiger partial charge in [-0.2, -0.15) is 0 Å². The molecule has 0 aromatic rings. The Labute approximate surface area is 123 Å². The lowest BCUT2D eigenvalue weighted by Crippen LogP contribution is -2.48. The van der Waals surface area contributed by atoms with E-state index in [0.29, 0.717) is 18.0 Å². The van der Waals surface area contributed by atoms with Crippen molar-refractivity contribution in [2.45, 2.75) is 58.0 Å². The molecule has 0 saturated carbocycles. The third-order valence-corrected chi connectivity index (χ3v) is 4.72. The lowest BCUT2D eigenvalue weighted by Gasteiger charge is -2.35. The van der Waals surface area contributed by atoms with Gasteiger partial charge in [-0.25, -0.2) is 0 Å². The van der Waals surface area contributed by atoms with Crippen LogP contribution in [-0.4, -0.2) is 61.0 Å². The molecule has 1 amide bonds. The molecular weight excluding hydrogens is 250 g/mol. The molecule has 4 heteroatoms. The molecule has 0 aliphatic carbocycles. The number of rotatable bonds is 3. The zero-order chi connectivity index (χ0) is 14.5. The lowest BCUT2D eigenvalue weighted by molar-refractivity contribution is -0.135. The van der Waals surface area contributed by atoms with Crippen molar-refractivity contribution < 1.29 is 4.79 Å². The Kier molecular flexibility index (Phi) is 5.85. The van der Waals surface area contributed by atoms with Crippen molar-refractivity contribution in [3.63, 3.8) is 0 Å². The maximum atomic E-state index is 12.0. The molecule has 0 spiro atoms. The van der Waals surface area contributed by atoms with Crippen LogP contribution in [0.4, 0.5) is 0 Å². The van der Waals surface area contributed by atoms with E-state index in [2.05, 4.69) is 17.3 Å². The summed E-state index contributed by atoms with van der Waals surface area (Å²) in [6, 6.07) is 1.29. The van der Waals surface area contributed by atoms with E-state index in [0.717, 1.165) is 25.9 Å². The summed E-state index contributed by atoms with van der Waals surface area (Å²) in [4.78, 5) is 16.5. The molecule has 1 atom stereocenters. The number of carbonyl (C=O) groups is 1. The van der Waals surface area contributed by atoms with Crippen molar-refractivity contribution in [3.05, 3.63) is 0 Å². The van der Waals surface area contributed by atoms with E-state index in [-0.39, 0.29) is 5.92 Å². The third-order valence-electron chi connectivity index (χ3n) is 4.72. The van der Waals surface area contributed by atoms with Crippen LogP contribution in [0.25, 0.3) is 0 Å². The van der Waals surface area contributed by atoms with Crippen LogP contribution in [0.3, 0.4) is 0 Å². The Morgan fingerprint density at radius 1 is 1.00 bits per heavy atom. The largest absolute Gasteiger partial charge is 0.342 e. The maximum Gasteiger partial charge on any atom is 0.225 e. The molecule has 2 rings (SSSR count). The Balaban J connectivity index is 1.72. The van der Waals surface area contributed by atoms with E-state index >= 15 is 0 Å². The summed E-state index contributed by atoms with van der Waals surface area (Å²) in [5.41, 5.74) is 0. The summed E-state index contributed by atoms with van der Waals surface area (Å²) in [6.07, 6.45) is 6.10. The Bertz CT molecular complexity index is 311. The Morgan fingerprint density at radius 2 is 1.60 bits per heavy atom. The molecule has 1 N–H and O–H groups in total. The van der Waals surface area contributed by atoms with E-state index in [4.69, 9.17) is 0 Å². The van der Waals surface area contributed by atoms with Crippen molar-refractivity contribution in [1.29, 1.82) is 0 Å². The first-order valence-electron chi connectivity index (χ1n) is 8.29. The molecule has 2 heterocycles. The molecule has 0 aromatic heterocycles. The van der Waals surface area contributed by atoms with Gasteiger partial charge in [-0.1, -0.05) is 13.8 Å². The van der Waals surface area contributed by atoms with Crippen LogP contribution in [0.15, 0.2) is 0 Å². The molecule has 2 aliphatic rings. The smallest absolute Gasteiger partial charge is 0.225 e. The summed E-state index contributed by atoms with van der Waals surface area (Å²) >= 11 is 0. The van der Waals surface area contributed by atoms with Gasteiger partial charge in [0.15, 0.2) is 0 Å². The zero-order valence-corrected chi connectivity index (χ0v) is 13.4. The standard InChI is InChI=1S/C16H31N3O/c1-13(2)16(20)19-11-7-15(8-12-19)17-14-5-4-9-18(3)10-6-14/h13-15,17H,4-12H2,1-3H3. The Hall–Kier alpha value is -0.610. The minimum absolute atomic E-state index is 0.136. The molecule has 2 saturated heterocycles. The second-order valence-corrected chi connectivity index (χ2v) is 6.85. The van der Waals surface area contributed by atoms with E-state index in [1.54, 1.807) is 0 Å². The number of hydrogen-bond acceptors (Lipinski definition) is 3. The maximum absolute atomic E-state index is 12.0. The van der Waals surface area contributed by atoms with Gasteiger partial charge in [-0.3, -0.25) is 4.79 Å². The topological polar surface area (TPSA) is 35.6 Å². The minimum atomic E-state index is 0.136. The van der Waals surface area contributed by atoms with Crippen LogP contribution in [-0.2, 0) is 4.79 Å². The number of nitrogens with one attached hydrogen (secondary N) is 1. The van der Waals surface area contributed by atoms with Crippen molar-refractivity contribution in [3.8, 4) is 0 Å². The summed E-state index contributed by atoms with van der Waals surface area (Å²) in [5, 5.41) is 3.84. The molecule has 116 valence electrons. The van der Waals surface area contributed by atoms with Crippen molar-refractivity contribution in [2.24, 2.45) is 5.92 Å². The first-order chi connectivity index (χ1) is 9.56. The van der Waals surface area contributed by atoms with E-state index < -0.39 is 0 Å². The van der Waals surface area contributed by atoms with Crippen LogP contribution < -0.4 is 5.32 Å². The van der Waals surface area contributed by atoms with Crippen LogP contribution in [0.2, 0.25) is 0 Å². The zero-order valence-electron chi connectivity index (χ0n) is 13.4. The van der Waals surface area contributed by atoms with Gasteiger partial charge in [0, 0.05) is 31.1 Å². The normalized spacial score (nSPS) is 26.8. The molecule has 20 heavy (non-hydrogen) atoms. The highest BCUT2D eigenvalue weighted by Gasteiger charge is 2.26. The number of hydrogen-bond donors (Lipinski definition) is 1. The molecule has 1 unspecified atom stereocenters. The van der Waals surface area contributed by atoms with E-state index in [1.165, 1.54) is 32.4 Å². The van der Waals surface area contributed by atoms with E-state index in [9.17, 15) is 4.79 Å². The Morgan fingerprint density at radius 3 is 2.25 bits per heavy atom. The predicted octanol–water partition coefficient (Wildman–Crippen LogP) is 1.71. The summed E-state index contributed by atoms with van der Waals surface area (Å²) in [6.45, 7) is 8.30. The average molecular weight is 281 g/mol. The van der Waals surface area contributed by atoms with Gasteiger partial charge in [0.1, 0.15) is 0 Å². The van der Waals surface area contributed by atoms with Gasteiger partial charge >= 0.3 is 0 Å². The van der Waals surface area contributed by atoms with Crippen LogP contribution in [0.1, 0.15) is 46.0 Å². The van der Waals surface area contributed by atoms with Gasteiger partial charge in [0.2, 0.25) is 5.91 Å². The predicted molar refractivity (Wildman–Crippen MR) is 82.7 cm³/mol. The fourth-order valence-electron chi connectivity index (χ4n) is 3.37. The molecule has 0 aromatic carbocycles. The van der Waals surface area contributed by atoms with Gasteiger partial charge in [-0.05, 0) is 52.2 Å². The monoisotopic (exact) mass is 281 g/mol. The second-order valence-electron chi connectivity index (χ2n) is 6.85. The molecular formula is C16H31N3O. The summed E-state index contributed by atoms with van der Waals surface area (Å²) in [5.74, 6) is 0.455. The second kappa shape index (κ2) is 7.41. The van der Waals surface area contributed by atoms with Gasteiger partial charge < -0.3 is 15.1 Å². The highest BCUT2D eigenvalue weighted by atomic mass is 16.2.